The number of likely N-dealkylation sites (tertiary alicyclic amines) is 1. The minimum atomic E-state index is -3.63. The van der Waals surface area contributed by atoms with Gasteiger partial charge in [0.15, 0.2) is 17.7 Å². The van der Waals surface area contributed by atoms with Gasteiger partial charge in [-0.15, -0.1) is 0 Å². The van der Waals surface area contributed by atoms with Crippen molar-refractivity contribution in [1.29, 1.82) is 5.26 Å². The molecule has 0 saturated carbocycles. The van der Waals surface area contributed by atoms with Gasteiger partial charge in [-0.2, -0.15) is 5.26 Å². The van der Waals surface area contributed by atoms with Crippen molar-refractivity contribution in [2.45, 2.75) is 17.4 Å². The number of benzene rings is 1. The Balaban J connectivity index is 1.77. The molecule has 1 fully saturated rings. The Bertz CT molecular complexity index is 683. The molecule has 0 radical (unpaired) electrons. The third-order valence-corrected chi connectivity index (χ3v) is 4.99. The number of sulfonamides is 1. The molecule has 3 rings (SSSR count). The first-order valence-corrected chi connectivity index (χ1v) is 8.13. The number of hydrogen-bond acceptors (Lipinski definition) is 6. The van der Waals surface area contributed by atoms with Gasteiger partial charge in [0.25, 0.3) is 0 Å². The summed E-state index contributed by atoms with van der Waals surface area (Å²) in [4.78, 5) is 1.68. The predicted octanol–water partition coefficient (Wildman–Crippen LogP) is 0.291. The summed E-state index contributed by atoms with van der Waals surface area (Å²) in [5.74, 6) is 0.992. The van der Waals surface area contributed by atoms with Crippen molar-refractivity contribution in [2.24, 2.45) is 0 Å². The fourth-order valence-corrected chi connectivity index (χ4v) is 3.70. The second-order valence-electron chi connectivity index (χ2n) is 4.96. The molecule has 0 aromatic heterocycles. The fourth-order valence-electron chi connectivity index (χ4n) is 2.43. The van der Waals surface area contributed by atoms with Crippen LogP contribution < -0.4 is 14.2 Å². The highest BCUT2D eigenvalue weighted by atomic mass is 32.2. The smallest absolute Gasteiger partial charge is 0.241 e. The topological polar surface area (TPSA) is 91.7 Å². The minimum absolute atomic E-state index is 0.141. The number of hydrogen-bond donors (Lipinski definition) is 1. The number of fused-ring (bicyclic) bond motifs is 1. The molecule has 0 aliphatic carbocycles. The van der Waals surface area contributed by atoms with Gasteiger partial charge in [-0.1, -0.05) is 0 Å². The summed E-state index contributed by atoms with van der Waals surface area (Å²) in [6.45, 7) is 1.85. The van der Waals surface area contributed by atoms with Crippen LogP contribution in [0.5, 0.6) is 11.5 Å². The molecule has 0 unspecified atom stereocenters. The van der Waals surface area contributed by atoms with Crippen LogP contribution in [0.25, 0.3) is 0 Å². The molecule has 2 heterocycles. The lowest BCUT2D eigenvalue weighted by Crippen LogP contribution is -2.36. The van der Waals surface area contributed by atoms with Crippen LogP contribution in [0, 0.1) is 11.5 Å². The Morgan fingerprint density at radius 1 is 1.29 bits per heavy atom. The van der Waals surface area contributed by atoms with Crippen molar-refractivity contribution in [3.63, 3.8) is 0 Å². The summed E-state index contributed by atoms with van der Waals surface area (Å²) >= 11 is 0. The molecule has 1 aromatic carbocycles. The molecule has 0 bridgehead atoms. The van der Waals surface area contributed by atoms with Gasteiger partial charge in [0.05, 0.1) is 4.90 Å². The van der Waals surface area contributed by atoms with Crippen LogP contribution in [-0.4, -0.2) is 45.7 Å². The van der Waals surface area contributed by atoms with Crippen LogP contribution in [0.4, 0.5) is 0 Å². The minimum Gasteiger partial charge on any atom is -0.486 e. The lowest BCUT2D eigenvalue weighted by Gasteiger charge is -2.19. The molecule has 21 heavy (non-hydrogen) atoms. The van der Waals surface area contributed by atoms with Crippen molar-refractivity contribution in [3.8, 4) is 17.7 Å². The van der Waals surface area contributed by atoms with E-state index in [4.69, 9.17) is 14.7 Å². The van der Waals surface area contributed by atoms with Gasteiger partial charge >= 0.3 is 0 Å². The van der Waals surface area contributed by atoms with Crippen LogP contribution >= 0.6 is 0 Å². The zero-order valence-electron chi connectivity index (χ0n) is 11.3. The summed E-state index contributed by atoms with van der Waals surface area (Å²) in [6, 6.07) is 4.31. The summed E-state index contributed by atoms with van der Waals surface area (Å²) in [7, 11) is -3.63. The zero-order valence-corrected chi connectivity index (χ0v) is 12.1. The van der Waals surface area contributed by atoms with E-state index in [-0.39, 0.29) is 10.9 Å². The number of ether oxygens (including phenoxy) is 2. The van der Waals surface area contributed by atoms with E-state index in [0.29, 0.717) is 44.2 Å². The van der Waals surface area contributed by atoms with Crippen LogP contribution in [0.1, 0.15) is 6.42 Å². The van der Waals surface area contributed by atoms with E-state index in [1.807, 2.05) is 6.19 Å². The normalized spacial score (nSPS) is 21.1. The molecule has 0 spiro atoms. The molecule has 1 saturated heterocycles. The van der Waals surface area contributed by atoms with Crippen molar-refractivity contribution < 1.29 is 17.9 Å². The molecule has 2 aliphatic rings. The van der Waals surface area contributed by atoms with Gasteiger partial charge in [0.2, 0.25) is 10.0 Å². The summed E-state index contributed by atoms with van der Waals surface area (Å²) in [5, 5.41) is 8.80. The first-order chi connectivity index (χ1) is 10.1. The number of rotatable bonds is 3. The SMILES string of the molecule is N#CN1CC[C@@H](NS(=O)(=O)c2ccc3c(c2)OCCO3)C1. The molecule has 0 amide bonds. The van der Waals surface area contributed by atoms with E-state index < -0.39 is 10.0 Å². The molecule has 112 valence electrons. The van der Waals surface area contributed by atoms with Crippen LogP contribution in [-0.2, 0) is 10.0 Å². The third-order valence-electron chi connectivity index (χ3n) is 3.48. The lowest BCUT2D eigenvalue weighted by atomic mass is 10.3. The van der Waals surface area contributed by atoms with Crippen LogP contribution in [0.15, 0.2) is 23.1 Å². The van der Waals surface area contributed by atoms with Gasteiger partial charge in [-0.3, -0.25) is 0 Å². The Hall–Kier alpha value is -1.98. The zero-order chi connectivity index (χ0) is 14.9. The van der Waals surface area contributed by atoms with Gasteiger partial charge in [0.1, 0.15) is 13.2 Å². The average molecular weight is 309 g/mol. The summed E-state index contributed by atoms with van der Waals surface area (Å²) in [5.41, 5.74) is 0. The number of nitrogens with one attached hydrogen (secondary N) is 1. The highest BCUT2D eigenvalue weighted by molar-refractivity contribution is 7.89. The monoisotopic (exact) mass is 309 g/mol. The third kappa shape index (κ3) is 2.89. The Morgan fingerprint density at radius 2 is 2.05 bits per heavy atom. The molecule has 1 atom stereocenters. The van der Waals surface area contributed by atoms with Crippen molar-refractivity contribution in [3.05, 3.63) is 18.2 Å². The maximum absolute atomic E-state index is 12.4. The van der Waals surface area contributed by atoms with E-state index in [9.17, 15) is 8.42 Å². The van der Waals surface area contributed by atoms with Crippen LogP contribution in [0.2, 0.25) is 0 Å². The Labute approximate surface area is 123 Å². The van der Waals surface area contributed by atoms with E-state index in [2.05, 4.69) is 4.72 Å². The van der Waals surface area contributed by atoms with Gasteiger partial charge < -0.3 is 14.4 Å². The van der Waals surface area contributed by atoms with Crippen molar-refractivity contribution >= 4 is 10.0 Å². The molecule has 2 aliphatic heterocycles. The number of nitrogens with zero attached hydrogens (tertiary/aromatic N) is 2. The molecule has 7 nitrogen and oxygen atoms in total. The largest absolute Gasteiger partial charge is 0.486 e. The van der Waals surface area contributed by atoms with E-state index >= 15 is 0 Å². The van der Waals surface area contributed by atoms with Crippen LogP contribution in [0.3, 0.4) is 0 Å². The number of nitriles is 1. The second-order valence-corrected chi connectivity index (χ2v) is 6.67. The molecule has 1 N–H and O–H groups in total. The highest BCUT2D eigenvalue weighted by Crippen LogP contribution is 2.32. The lowest BCUT2D eigenvalue weighted by molar-refractivity contribution is 0.171. The molecular formula is C13H15N3O4S. The quantitative estimate of drug-likeness (QED) is 0.807. The first-order valence-electron chi connectivity index (χ1n) is 6.65. The van der Waals surface area contributed by atoms with Gasteiger partial charge in [0, 0.05) is 25.2 Å². The maximum Gasteiger partial charge on any atom is 0.241 e. The first kappa shape index (κ1) is 14.0. The predicted molar refractivity (Wildman–Crippen MR) is 73.3 cm³/mol. The van der Waals surface area contributed by atoms with E-state index in [0.717, 1.165) is 0 Å². The molecule has 1 aromatic rings. The Kier molecular flexibility index (Phi) is 3.61. The fraction of sp³-hybridized carbons (Fsp3) is 0.462. The second kappa shape index (κ2) is 5.42. The molecule has 8 heteroatoms. The van der Waals surface area contributed by atoms with Crippen molar-refractivity contribution in [1.82, 2.24) is 9.62 Å². The molecular weight excluding hydrogens is 294 g/mol. The van der Waals surface area contributed by atoms with Gasteiger partial charge in [-0.25, -0.2) is 13.1 Å². The average Bonchev–Trinajstić information content (AvgIpc) is 2.93. The highest BCUT2D eigenvalue weighted by Gasteiger charge is 2.27. The Morgan fingerprint density at radius 3 is 2.76 bits per heavy atom. The van der Waals surface area contributed by atoms with Crippen molar-refractivity contribution in [2.75, 3.05) is 26.3 Å². The van der Waals surface area contributed by atoms with Gasteiger partial charge in [-0.05, 0) is 18.6 Å². The standard InChI is InChI=1S/C13H15N3O4S/c14-9-16-4-3-10(8-16)15-21(17,18)11-1-2-12-13(7-11)20-6-5-19-12/h1-2,7,10,15H,3-6,8H2/t10-/m1/s1. The van der Waals surface area contributed by atoms with E-state index in [1.54, 1.807) is 6.07 Å². The maximum atomic E-state index is 12.4. The summed E-state index contributed by atoms with van der Waals surface area (Å²) in [6.07, 6.45) is 2.64. The van der Waals surface area contributed by atoms with E-state index in [1.165, 1.54) is 17.0 Å². The summed E-state index contributed by atoms with van der Waals surface area (Å²) < 4.78 is 38.1.